The molecule has 2 aromatic carbocycles. The number of H-pyrrole nitrogens is 2. The summed E-state index contributed by atoms with van der Waals surface area (Å²) in [6.45, 7) is 0. The number of hydrogen-bond acceptors (Lipinski definition) is 1. The molecule has 0 spiro atoms. The number of rotatable bonds is 4. The van der Waals surface area contributed by atoms with Crippen LogP contribution >= 0.6 is 0 Å². The molecule has 118 valence electrons. The van der Waals surface area contributed by atoms with Crippen LogP contribution in [0.1, 0.15) is 17.2 Å². The van der Waals surface area contributed by atoms with E-state index < -0.39 is 0 Å². The summed E-state index contributed by atoms with van der Waals surface area (Å²) in [7, 11) is 0. The normalized spacial score (nSPS) is 12.2. The zero-order valence-corrected chi connectivity index (χ0v) is 13.0. The predicted molar refractivity (Wildman–Crippen MR) is 93.2 cm³/mol. The lowest BCUT2D eigenvalue weighted by Gasteiger charge is -2.14. The van der Waals surface area contributed by atoms with Gasteiger partial charge in [-0.05, 0) is 24.3 Å². The largest absolute Gasteiger partial charge is 0.361 e. The minimum atomic E-state index is -0.234. The van der Waals surface area contributed by atoms with Gasteiger partial charge in [-0.1, -0.05) is 36.4 Å². The molecule has 4 heteroatoms. The second-order valence-corrected chi connectivity index (χ2v) is 5.69. The summed E-state index contributed by atoms with van der Waals surface area (Å²) < 4.78 is 13.3. The van der Waals surface area contributed by atoms with Crippen molar-refractivity contribution >= 4 is 16.7 Å². The fourth-order valence-electron chi connectivity index (χ4n) is 2.97. The van der Waals surface area contributed by atoms with E-state index in [1.807, 2.05) is 54.9 Å². The van der Waals surface area contributed by atoms with Gasteiger partial charge in [0.15, 0.2) is 0 Å². The van der Waals surface area contributed by atoms with Crippen LogP contribution < -0.4 is 10.3 Å². The van der Waals surface area contributed by atoms with Crippen molar-refractivity contribution in [3.05, 3.63) is 96.1 Å². The van der Waals surface area contributed by atoms with Crippen molar-refractivity contribution in [2.24, 2.45) is 0 Å². The first-order valence-corrected chi connectivity index (χ1v) is 7.86. The van der Waals surface area contributed by atoms with Gasteiger partial charge >= 0.3 is 0 Å². The molecule has 0 fully saturated rings. The van der Waals surface area contributed by atoms with Crippen LogP contribution in [-0.4, -0.2) is 4.98 Å². The molecule has 3 nitrogen and oxygen atoms in total. The highest BCUT2D eigenvalue weighted by atomic mass is 19.1. The molecular formula is C20H17FN3+. The lowest BCUT2D eigenvalue weighted by atomic mass is 9.98. The Balaban J connectivity index is 1.82. The Morgan fingerprint density at radius 2 is 1.71 bits per heavy atom. The van der Waals surface area contributed by atoms with E-state index in [4.69, 9.17) is 0 Å². The molecule has 0 aliphatic carbocycles. The van der Waals surface area contributed by atoms with E-state index in [-0.39, 0.29) is 11.9 Å². The van der Waals surface area contributed by atoms with Crippen molar-refractivity contribution in [3.63, 3.8) is 0 Å². The summed E-state index contributed by atoms with van der Waals surface area (Å²) in [6.07, 6.45) is 3.88. The molecule has 0 saturated carbocycles. The van der Waals surface area contributed by atoms with Crippen molar-refractivity contribution in [2.45, 2.75) is 6.04 Å². The van der Waals surface area contributed by atoms with Crippen LogP contribution in [0.4, 0.5) is 10.2 Å². The second-order valence-electron chi connectivity index (χ2n) is 5.69. The van der Waals surface area contributed by atoms with E-state index in [2.05, 4.69) is 27.4 Å². The molecule has 0 unspecified atom stereocenters. The molecule has 0 aliphatic heterocycles. The van der Waals surface area contributed by atoms with Gasteiger partial charge in [-0.3, -0.25) is 5.32 Å². The van der Waals surface area contributed by atoms with Gasteiger partial charge in [-0.2, -0.15) is 0 Å². The van der Waals surface area contributed by atoms with Crippen molar-refractivity contribution in [1.29, 1.82) is 0 Å². The Kier molecular flexibility index (Phi) is 3.71. The molecule has 0 aliphatic rings. The average Bonchev–Trinajstić information content (AvgIpc) is 3.05. The molecule has 1 atom stereocenters. The molecule has 0 bridgehead atoms. The molecule has 4 aromatic rings. The highest BCUT2D eigenvalue weighted by Gasteiger charge is 2.22. The number of para-hydroxylation sites is 1. The van der Waals surface area contributed by atoms with Gasteiger partial charge < -0.3 is 4.98 Å². The molecule has 24 heavy (non-hydrogen) atoms. The first kappa shape index (κ1) is 14.5. The van der Waals surface area contributed by atoms with E-state index >= 15 is 0 Å². The van der Waals surface area contributed by atoms with Crippen LogP contribution in [0.5, 0.6) is 0 Å². The van der Waals surface area contributed by atoms with E-state index in [1.165, 1.54) is 12.1 Å². The summed E-state index contributed by atoms with van der Waals surface area (Å²) in [5, 5.41) is 4.66. The fraction of sp³-hybridized carbons (Fsp3) is 0.0500. The van der Waals surface area contributed by atoms with Gasteiger partial charge in [0.05, 0.1) is 6.20 Å². The molecule has 2 aromatic heterocycles. The van der Waals surface area contributed by atoms with Gasteiger partial charge in [0.2, 0.25) is 0 Å². The Morgan fingerprint density at radius 1 is 0.917 bits per heavy atom. The topological polar surface area (TPSA) is 42.0 Å². The number of anilines is 1. The molecule has 3 N–H and O–H groups in total. The molecule has 2 heterocycles. The van der Waals surface area contributed by atoms with Crippen LogP contribution in [0.3, 0.4) is 0 Å². The van der Waals surface area contributed by atoms with Crippen LogP contribution in [0.25, 0.3) is 10.9 Å². The SMILES string of the molecule is Fc1ccc([C@@H](Nc2cccc[nH+]2)c2c[nH]c3ccccc23)cc1. The number of nitrogens with one attached hydrogen (secondary N) is 3. The van der Waals surface area contributed by atoms with Crippen molar-refractivity contribution < 1.29 is 9.37 Å². The van der Waals surface area contributed by atoms with Gasteiger partial charge in [0.25, 0.3) is 5.82 Å². The smallest absolute Gasteiger partial charge is 0.272 e. The Bertz CT molecular complexity index is 945. The Morgan fingerprint density at radius 3 is 2.50 bits per heavy atom. The van der Waals surface area contributed by atoms with Crippen LogP contribution in [0.15, 0.2) is 79.1 Å². The number of aromatic nitrogens is 2. The third-order valence-electron chi connectivity index (χ3n) is 4.14. The monoisotopic (exact) mass is 318 g/mol. The number of pyridine rings is 1. The maximum absolute atomic E-state index is 13.3. The summed E-state index contributed by atoms with van der Waals surface area (Å²) in [5.41, 5.74) is 3.20. The summed E-state index contributed by atoms with van der Waals surface area (Å²) in [6, 6.07) is 20.6. The van der Waals surface area contributed by atoms with Gasteiger partial charge in [-0.15, -0.1) is 0 Å². The number of benzene rings is 2. The van der Waals surface area contributed by atoms with Gasteiger partial charge in [0, 0.05) is 34.3 Å². The first-order valence-electron chi connectivity index (χ1n) is 7.86. The van der Waals surface area contributed by atoms with Gasteiger partial charge in [-0.25, -0.2) is 9.37 Å². The van der Waals surface area contributed by atoms with Crippen molar-refractivity contribution in [3.8, 4) is 0 Å². The highest BCUT2D eigenvalue weighted by molar-refractivity contribution is 5.84. The number of halogens is 1. The van der Waals surface area contributed by atoms with E-state index in [1.54, 1.807) is 0 Å². The summed E-state index contributed by atoms with van der Waals surface area (Å²) >= 11 is 0. The molecular weight excluding hydrogens is 301 g/mol. The predicted octanol–water partition coefficient (Wildman–Crippen LogP) is 4.32. The summed E-state index contributed by atoms with van der Waals surface area (Å²) in [4.78, 5) is 6.51. The Hall–Kier alpha value is -3.14. The van der Waals surface area contributed by atoms with E-state index in [0.717, 1.165) is 27.8 Å². The van der Waals surface area contributed by atoms with Crippen molar-refractivity contribution in [1.82, 2.24) is 4.98 Å². The maximum atomic E-state index is 13.3. The lowest BCUT2D eigenvalue weighted by molar-refractivity contribution is -0.361. The standard InChI is InChI=1S/C20H16FN3/c21-15-10-8-14(9-11-15)20(24-19-7-3-4-12-22-19)17-13-23-18-6-2-1-5-16(17)18/h1-13,20,23H,(H,22,24)/p+1/t20-/m1/s1. The lowest BCUT2D eigenvalue weighted by Crippen LogP contribution is -2.18. The Labute approximate surface area is 139 Å². The number of fused-ring (bicyclic) bond motifs is 1. The van der Waals surface area contributed by atoms with E-state index in [0.29, 0.717) is 0 Å². The average molecular weight is 318 g/mol. The highest BCUT2D eigenvalue weighted by Crippen LogP contribution is 2.31. The minimum Gasteiger partial charge on any atom is -0.361 e. The van der Waals surface area contributed by atoms with Crippen LogP contribution in [0, 0.1) is 5.82 Å². The second kappa shape index (κ2) is 6.16. The van der Waals surface area contributed by atoms with Crippen molar-refractivity contribution in [2.75, 3.05) is 5.32 Å². The minimum absolute atomic E-state index is 0.0969. The van der Waals surface area contributed by atoms with Crippen LogP contribution in [-0.2, 0) is 0 Å². The first-order chi connectivity index (χ1) is 11.8. The molecule has 0 saturated heterocycles. The number of hydrogen-bond donors (Lipinski definition) is 2. The zero-order chi connectivity index (χ0) is 16.4. The molecule has 0 amide bonds. The van der Waals surface area contributed by atoms with Gasteiger partial charge in [0.1, 0.15) is 11.9 Å². The molecule has 4 rings (SSSR count). The third-order valence-corrected chi connectivity index (χ3v) is 4.14. The zero-order valence-electron chi connectivity index (χ0n) is 13.0. The summed E-state index contributed by atoms with van der Waals surface area (Å²) in [5.74, 6) is 0.666. The number of aromatic amines is 2. The maximum Gasteiger partial charge on any atom is 0.272 e. The molecule has 0 radical (unpaired) electrons. The fourth-order valence-corrected chi connectivity index (χ4v) is 2.97. The van der Waals surface area contributed by atoms with E-state index in [9.17, 15) is 4.39 Å². The third kappa shape index (κ3) is 2.74. The quantitative estimate of drug-likeness (QED) is 0.578. The van der Waals surface area contributed by atoms with Crippen LogP contribution in [0.2, 0.25) is 0 Å².